The topological polar surface area (TPSA) is 100 Å². The maximum absolute atomic E-state index is 12.6. The summed E-state index contributed by atoms with van der Waals surface area (Å²) in [6, 6.07) is 4.79. The summed E-state index contributed by atoms with van der Waals surface area (Å²) in [6.07, 6.45) is -0.963. The molecule has 1 aliphatic rings. The standard InChI is InChI=1S/C21H32N2O6/c1-12(2)18(22)19(24)28-20(13(3)4)29-21(25)23(6)14(5)9-15-7-8-16-17(10-15)27-11-26-16/h7-8,10,12-14,18,20H,9,11,22H2,1-6H3/t14?,18-,20?/m0/s1. The van der Waals surface area contributed by atoms with Crippen LogP contribution in [0, 0.1) is 11.8 Å². The van der Waals surface area contributed by atoms with Crippen LogP contribution in [0.25, 0.3) is 0 Å². The molecule has 1 amide bonds. The van der Waals surface area contributed by atoms with Crippen molar-refractivity contribution in [3.63, 3.8) is 0 Å². The van der Waals surface area contributed by atoms with Gasteiger partial charge in [-0.1, -0.05) is 33.8 Å². The van der Waals surface area contributed by atoms with E-state index in [9.17, 15) is 9.59 Å². The Bertz CT molecular complexity index is 721. The van der Waals surface area contributed by atoms with Crippen LogP contribution in [0.5, 0.6) is 11.5 Å². The van der Waals surface area contributed by atoms with Crippen molar-refractivity contribution in [1.82, 2.24) is 4.90 Å². The van der Waals surface area contributed by atoms with Crippen LogP contribution in [0.15, 0.2) is 18.2 Å². The van der Waals surface area contributed by atoms with Crippen molar-refractivity contribution in [2.75, 3.05) is 13.8 Å². The minimum absolute atomic E-state index is 0.0737. The van der Waals surface area contributed by atoms with Crippen LogP contribution in [-0.4, -0.2) is 49.2 Å². The Kier molecular flexibility index (Phi) is 7.73. The molecule has 29 heavy (non-hydrogen) atoms. The predicted octanol–water partition coefficient (Wildman–Crippen LogP) is 2.92. The molecule has 0 aromatic heterocycles. The van der Waals surface area contributed by atoms with E-state index in [0.29, 0.717) is 12.2 Å². The van der Waals surface area contributed by atoms with Gasteiger partial charge in [0, 0.05) is 19.0 Å². The molecular formula is C21H32N2O6. The van der Waals surface area contributed by atoms with E-state index < -0.39 is 24.4 Å². The fraction of sp³-hybridized carbons (Fsp3) is 0.619. The molecule has 2 N–H and O–H groups in total. The molecule has 0 saturated carbocycles. The Labute approximate surface area is 172 Å². The number of hydrogen-bond acceptors (Lipinski definition) is 7. The summed E-state index contributed by atoms with van der Waals surface area (Å²) in [7, 11) is 1.65. The molecule has 1 aromatic carbocycles. The normalized spacial score (nSPS) is 15.8. The van der Waals surface area contributed by atoms with Crippen molar-refractivity contribution < 1.29 is 28.5 Å². The second-order valence-corrected chi connectivity index (χ2v) is 8.05. The smallest absolute Gasteiger partial charge is 0.412 e. The van der Waals surface area contributed by atoms with Crippen molar-refractivity contribution in [2.24, 2.45) is 17.6 Å². The second-order valence-electron chi connectivity index (χ2n) is 8.05. The van der Waals surface area contributed by atoms with Gasteiger partial charge in [0.15, 0.2) is 11.5 Å². The van der Waals surface area contributed by atoms with Gasteiger partial charge in [0.25, 0.3) is 6.29 Å². The molecule has 8 nitrogen and oxygen atoms in total. The van der Waals surface area contributed by atoms with Crippen molar-refractivity contribution in [1.29, 1.82) is 0 Å². The lowest BCUT2D eigenvalue weighted by Gasteiger charge is -2.29. The lowest BCUT2D eigenvalue weighted by molar-refractivity contribution is -0.179. The number of carbonyl (C=O) groups is 2. The van der Waals surface area contributed by atoms with Gasteiger partial charge in [-0.15, -0.1) is 0 Å². The number of nitrogens with zero attached hydrogens (tertiary/aromatic N) is 1. The molecule has 1 aromatic rings. The molecule has 3 atom stereocenters. The maximum atomic E-state index is 12.6. The van der Waals surface area contributed by atoms with Crippen molar-refractivity contribution in [3.05, 3.63) is 23.8 Å². The molecule has 0 aliphatic carbocycles. The zero-order valence-electron chi connectivity index (χ0n) is 18.0. The number of fused-ring (bicyclic) bond motifs is 1. The number of ether oxygens (including phenoxy) is 4. The first-order valence-electron chi connectivity index (χ1n) is 9.88. The van der Waals surface area contributed by atoms with Crippen LogP contribution in [0.3, 0.4) is 0 Å². The van der Waals surface area contributed by atoms with E-state index in [1.54, 1.807) is 7.05 Å². The molecule has 0 bridgehead atoms. The molecule has 0 spiro atoms. The average molecular weight is 408 g/mol. The maximum Gasteiger partial charge on any atom is 0.412 e. The average Bonchev–Trinajstić information content (AvgIpc) is 3.13. The van der Waals surface area contributed by atoms with Gasteiger partial charge in [-0.3, -0.25) is 4.79 Å². The van der Waals surface area contributed by atoms with E-state index in [1.165, 1.54) is 4.90 Å². The van der Waals surface area contributed by atoms with Crippen LogP contribution in [-0.2, 0) is 20.7 Å². The Morgan fingerprint density at radius 3 is 2.34 bits per heavy atom. The molecule has 8 heteroatoms. The van der Waals surface area contributed by atoms with Gasteiger partial charge in [-0.2, -0.15) is 0 Å². The summed E-state index contributed by atoms with van der Waals surface area (Å²) in [5, 5.41) is 0. The minimum atomic E-state index is -1.00. The fourth-order valence-corrected chi connectivity index (χ4v) is 2.67. The zero-order chi connectivity index (χ0) is 21.7. The Hall–Kier alpha value is -2.48. The van der Waals surface area contributed by atoms with Crippen LogP contribution in [0.4, 0.5) is 4.79 Å². The number of hydrogen-bond donors (Lipinski definition) is 1. The summed E-state index contributed by atoms with van der Waals surface area (Å²) in [6.45, 7) is 9.40. The summed E-state index contributed by atoms with van der Waals surface area (Å²) in [5.74, 6) is 0.557. The summed E-state index contributed by atoms with van der Waals surface area (Å²) < 4.78 is 21.5. The predicted molar refractivity (Wildman–Crippen MR) is 108 cm³/mol. The van der Waals surface area contributed by atoms with E-state index in [4.69, 9.17) is 24.7 Å². The SMILES string of the molecule is CC(C)C(OC(=O)[C@@H](N)C(C)C)OC(=O)N(C)C(C)Cc1ccc2c(c1)OCO2. The lowest BCUT2D eigenvalue weighted by Crippen LogP contribution is -2.44. The number of benzene rings is 1. The third-order valence-corrected chi connectivity index (χ3v) is 4.90. The largest absolute Gasteiger partial charge is 0.454 e. The van der Waals surface area contributed by atoms with Crippen molar-refractivity contribution in [3.8, 4) is 11.5 Å². The summed E-state index contributed by atoms with van der Waals surface area (Å²) in [5.41, 5.74) is 6.84. The van der Waals surface area contributed by atoms with Crippen molar-refractivity contribution >= 4 is 12.1 Å². The highest BCUT2D eigenvalue weighted by Crippen LogP contribution is 2.33. The van der Waals surface area contributed by atoms with E-state index >= 15 is 0 Å². The highest BCUT2D eigenvalue weighted by atomic mass is 16.7. The van der Waals surface area contributed by atoms with Gasteiger partial charge in [-0.25, -0.2) is 4.79 Å². The minimum Gasteiger partial charge on any atom is -0.454 e. The molecule has 0 saturated heterocycles. The monoisotopic (exact) mass is 408 g/mol. The van der Waals surface area contributed by atoms with Gasteiger partial charge >= 0.3 is 12.1 Å². The van der Waals surface area contributed by atoms with Crippen LogP contribution in [0.1, 0.15) is 40.2 Å². The van der Waals surface area contributed by atoms with E-state index in [1.807, 2.05) is 52.8 Å². The first kappa shape index (κ1) is 22.8. The highest BCUT2D eigenvalue weighted by molar-refractivity contribution is 5.76. The van der Waals surface area contributed by atoms with Gasteiger partial charge < -0.3 is 29.6 Å². The molecule has 2 rings (SSSR count). The molecule has 2 unspecified atom stereocenters. The van der Waals surface area contributed by atoms with E-state index in [2.05, 4.69) is 0 Å². The van der Waals surface area contributed by atoms with Crippen LogP contribution in [0.2, 0.25) is 0 Å². The van der Waals surface area contributed by atoms with Gasteiger partial charge in [0.05, 0.1) is 0 Å². The van der Waals surface area contributed by atoms with Gasteiger partial charge in [0.1, 0.15) is 6.04 Å². The second kappa shape index (κ2) is 9.82. The lowest BCUT2D eigenvalue weighted by atomic mass is 10.1. The molecular weight excluding hydrogens is 376 g/mol. The number of carbonyl (C=O) groups excluding carboxylic acids is 2. The number of nitrogens with two attached hydrogens (primary N) is 1. The summed E-state index contributed by atoms with van der Waals surface area (Å²) in [4.78, 5) is 26.2. The zero-order valence-corrected chi connectivity index (χ0v) is 18.0. The number of amides is 1. The molecule has 162 valence electrons. The Balaban J connectivity index is 1.95. The third-order valence-electron chi connectivity index (χ3n) is 4.90. The Morgan fingerprint density at radius 1 is 1.07 bits per heavy atom. The number of likely N-dealkylation sites (N-methyl/N-ethyl adjacent to an activating group) is 1. The quantitative estimate of drug-likeness (QED) is 0.521. The van der Waals surface area contributed by atoms with E-state index in [-0.39, 0.29) is 24.7 Å². The van der Waals surface area contributed by atoms with Crippen LogP contribution < -0.4 is 15.2 Å². The first-order chi connectivity index (χ1) is 13.6. The number of rotatable bonds is 8. The molecule has 0 radical (unpaired) electrons. The molecule has 1 aliphatic heterocycles. The highest BCUT2D eigenvalue weighted by Gasteiger charge is 2.29. The summed E-state index contributed by atoms with van der Waals surface area (Å²) >= 11 is 0. The van der Waals surface area contributed by atoms with E-state index in [0.717, 1.165) is 11.3 Å². The number of esters is 1. The molecule has 1 heterocycles. The molecule has 0 fully saturated rings. The first-order valence-corrected chi connectivity index (χ1v) is 9.88. The van der Waals surface area contributed by atoms with Gasteiger partial charge in [-0.05, 0) is 37.0 Å². The van der Waals surface area contributed by atoms with Crippen LogP contribution >= 0.6 is 0 Å². The fourth-order valence-electron chi connectivity index (χ4n) is 2.67. The van der Waals surface area contributed by atoms with Crippen molar-refractivity contribution in [2.45, 2.75) is 59.4 Å². The Morgan fingerprint density at radius 2 is 1.72 bits per heavy atom. The van der Waals surface area contributed by atoms with Gasteiger partial charge in [0.2, 0.25) is 6.79 Å². The third kappa shape index (κ3) is 6.00.